The Balaban J connectivity index is 1.57. The lowest BCUT2D eigenvalue weighted by Crippen LogP contribution is -2.45. The van der Waals surface area contributed by atoms with Crippen LogP contribution >= 0.6 is 0 Å². The van der Waals surface area contributed by atoms with Crippen LogP contribution < -0.4 is 0 Å². The molecule has 1 saturated heterocycles. The highest BCUT2D eigenvalue weighted by molar-refractivity contribution is 5.90. The largest absolute Gasteiger partial charge is 0.356 e. The SMILES string of the molecule is Cc1[nH]c2c(F)cccc2c1CC(=O)N1CCC1c1ccc(F)cc1. The number of nitrogens with zero attached hydrogens (tertiary/aromatic N) is 1. The second-order valence-electron chi connectivity index (χ2n) is 6.51. The number of hydrogen-bond donors (Lipinski definition) is 1. The molecule has 3 nitrogen and oxygen atoms in total. The number of carbonyl (C=O) groups excluding carboxylic acids is 1. The van der Waals surface area contributed by atoms with Gasteiger partial charge in [0, 0.05) is 17.6 Å². The number of fused-ring (bicyclic) bond motifs is 1. The number of nitrogens with one attached hydrogen (secondary N) is 1. The average Bonchev–Trinajstić information content (AvgIpc) is 2.86. The fraction of sp³-hybridized carbons (Fsp3) is 0.250. The van der Waals surface area contributed by atoms with Crippen LogP contribution in [-0.4, -0.2) is 22.3 Å². The summed E-state index contributed by atoms with van der Waals surface area (Å²) in [5, 5.41) is 0.754. The van der Waals surface area contributed by atoms with Gasteiger partial charge in [-0.05, 0) is 42.7 Å². The molecule has 1 N–H and O–H groups in total. The lowest BCUT2D eigenvalue weighted by molar-refractivity contribution is -0.138. The molecule has 2 aromatic carbocycles. The molecule has 1 unspecified atom stereocenters. The third-order valence-corrected chi connectivity index (χ3v) is 5.03. The predicted molar refractivity (Wildman–Crippen MR) is 92.2 cm³/mol. The maximum absolute atomic E-state index is 13.9. The van der Waals surface area contributed by atoms with E-state index >= 15 is 0 Å². The van der Waals surface area contributed by atoms with Gasteiger partial charge in [-0.3, -0.25) is 4.79 Å². The van der Waals surface area contributed by atoms with Crippen molar-refractivity contribution in [2.24, 2.45) is 0 Å². The normalized spacial score (nSPS) is 16.9. The van der Waals surface area contributed by atoms with Crippen LogP contribution in [0, 0.1) is 18.6 Å². The fourth-order valence-electron chi connectivity index (χ4n) is 3.57. The summed E-state index contributed by atoms with van der Waals surface area (Å²) in [6, 6.07) is 11.2. The highest BCUT2D eigenvalue weighted by Gasteiger charge is 2.33. The van der Waals surface area contributed by atoms with Gasteiger partial charge in [-0.15, -0.1) is 0 Å². The zero-order valence-corrected chi connectivity index (χ0v) is 13.9. The maximum Gasteiger partial charge on any atom is 0.227 e. The van der Waals surface area contributed by atoms with Gasteiger partial charge in [0.05, 0.1) is 18.0 Å². The number of amides is 1. The molecule has 0 bridgehead atoms. The van der Waals surface area contributed by atoms with E-state index in [2.05, 4.69) is 4.98 Å². The van der Waals surface area contributed by atoms with E-state index in [0.717, 1.165) is 28.6 Å². The molecule has 1 atom stereocenters. The number of H-pyrrole nitrogens is 1. The van der Waals surface area contributed by atoms with Crippen LogP contribution in [0.15, 0.2) is 42.5 Å². The number of rotatable bonds is 3. The first kappa shape index (κ1) is 15.8. The van der Waals surface area contributed by atoms with Crippen LogP contribution in [0.3, 0.4) is 0 Å². The van der Waals surface area contributed by atoms with Gasteiger partial charge >= 0.3 is 0 Å². The molecule has 1 fully saturated rings. The number of aromatic amines is 1. The second kappa shape index (κ2) is 5.99. The number of hydrogen-bond acceptors (Lipinski definition) is 1. The van der Waals surface area contributed by atoms with Crippen molar-refractivity contribution in [3.63, 3.8) is 0 Å². The van der Waals surface area contributed by atoms with Gasteiger partial charge in [0.1, 0.15) is 11.6 Å². The summed E-state index contributed by atoms with van der Waals surface area (Å²) in [6.45, 7) is 2.55. The quantitative estimate of drug-likeness (QED) is 0.759. The van der Waals surface area contributed by atoms with E-state index in [9.17, 15) is 13.6 Å². The standard InChI is InChI=1S/C20H18F2N2O/c1-12-16(15-3-2-4-17(22)20(15)23-12)11-19(25)24-10-9-18(24)13-5-7-14(21)8-6-13/h2-8,18,23H,9-11H2,1H3. The van der Waals surface area contributed by atoms with E-state index in [1.54, 1.807) is 18.2 Å². The minimum atomic E-state index is -0.313. The Labute approximate surface area is 144 Å². The first-order valence-electron chi connectivity index (χ1n) is 8.35. The van der Waals surface area contributed by atoms with Crippen LogP contribution in [0.1, 0.15) is 29.3 Å². The van der Waals surface area contributed by atoms with Gasteiger partial charge in [0.15, 0.2) is 0 Å². The van der Waals surface area contributed by atoms with Gasteiger partial charge < -0.3 is 9.88 Å². The zero-order chi connectivity index (χ0) is 17.6. The Morgan fingerprint density at radius 2 is 1.96 bits per heavy atom. The first-order chi connectivity index (χ1) is 12.0. The molecular weight excluding hydrogens is 322 g/mol. The van der Waals surface area contributed by atoms with E-state index < -0.39 is 0 Å². The topological polar surface area (TPSA) is 36.1 Å². The van der Waals surface area contributed by atoms with E-state index in [0.29, 0.717) is 12.1 Å². The monoisotopic (exact) mass is 340 g/mol. The summed E-state index contributed by atoms with van der Waals surface area (Å²) in [6.07, 6.45) is 1.10. The van der Waals surface area contributed by atoms with E-state index in [4.69, 9.17) is 0 Å². The van der Waals surface area contributed by atoms with E-state index in [1.807, 2.05) is 17.9 Å². The highest BCUT2D eigenvalue weighted by Crippen LogP contribution is 2.34. The number of aryl methyl sites for hydroxylation is 1. The molecule has 0 saturated carbocycles. The Hall–Kier alpha value is -2.69. The van der Waals surface area contributed by atoms with Crippen molar-refractivity contribution >= 4 is 16.8 Å². The lowest BCUT2D eigenvalue weighted by atomic mass is 9.93. The van der Waals surface area contributed by atoms with E-state index in [1.165, 1.54) is 18.2 Å². The van der Waals surface area contributed by atoms with Crippen molar-refractivity contribution in [2.75, 3.05) is 6.54 Å². The molecule has 25 heavy (non-hydrogen) atoms. The van der Waals surface area contributed by atoms with Crippen LogP contribution in [0.5, 0.6) is 0 Å². The summed E-state index contributed by atoms with van der Waals surface area (Å²) in [5.41, 5.74) is 3.04. The molecule has 1 aromatic heterocycles. The molecule has 5 heteroatoms. The van der Waals surface area contributed by atoms with Gasteiger partial charge in [0.25, 0.3) is 0 Å². The van der Waals surface area contributed by atoms with Crippen molar-refractivity contribution in [1.29, 1.82) is 0 Å². The first-order valence-corrected chi connectivity index (χ1v) is 8.35. The zero-order valence-electron chi connectivity index (χ0n) is 13.9. The number of para-hydroxylation sites is 1. The molecule has 0 spiro atoms. The molecule has 1 aliphatic rings. The minimum absolute atomic E-state index is 0.00431. The van der Waals surface area contributed by atoms with Crippen molar-refractivity contribution in [1.82, 2.24) is 9.88 Å². The minimum Gasteiger partial charge on any atom is -0.356 e. The summed E-state index contributed by atoms with van der Waals surface area (Å²) in [5.74, 6) is -0.585. The number of aromatic nitrogens is 1. The highest BCUT2D eigenvalue weighted by atomic mass is 19.1. The number of halogens is 2. The number of benzene rings is 2. The Bertz CT molecular complexity index is 946. The van der Waals surface area contributed by atoms with Crippen LogP contribution in [0.2, 0.25) is 0 Å². The molecule has 3 aromatic rings. The van der Waals surface area contributed by atoms with Crippen molar-refractivity contribution in [2.45, 2.75) is 25.8 Å². The maximum atomic E-state index is 13.9. The summed E-state index contributed by atoms with van der Waals surface area (Å²) < 4.78 is 27.0. The summed E-state index contributed by atoms with van der Waals surface area (Å²) in [4.78, 5) is 17.6. The fourth-order valence-corrected chi connectivity index (χ4v) is 3.57. The molecule has 0 aliphatic carbocycles. The van der Waals surface area contributed by atoms with Crippen LogP contribution in [0.4, 0.5) is 8.78 Å². The average molecular weight is 340 g/mol. The van der Waals surface area contributed by atoms with E-state index in [-0.39, 0.29) is 30.0 Å². The van der Waals surface area contributed by atoms with Crippen molar-refractivity contribution in [3.05, 3.63) is 70.9 Å². The molecule has 1 amide bonds. The Morgan fingerprint density at radius 3 is 2.64 bits per heavy atom. The third kappa shape index (κ3) is 2.69. The predicted octanol–water partition coefficient (Wildman–Crippen LogP) is 4.27. The lowest BCUT2D eigenvalue weighted by Gasteiger charge is -2.41. The third-order valence-electron chi connectivity index (χ3n) is 5.03. The Kier molecular flexibility index (Phi) is 3.79. The van der Waals surface area contributed by atoms with Gasteiger partial charge in [-0.25, -0.2) is 8.78 Å². The van der Waals surface area contributed by atoms with Crippen LogP contribution in [-0.2, 0) is 11.2 Å². The molecule has 128 valence electrons. The number of carbonyl (C=O) groups is 1. The van der Waals surface area contributed by atoms with Gasteiger partial charge in [-0.2, -0.15) is 0 Å². The van der Waals surface area contributed by atoms with Crippen molar-refractivity contribution < 1.29 is 13.6 Å². The molecule has 4 rings (SSSR count). The van der Waals surface area contributed by atoms with Crippen LogP contribution in [0.25, 0.3) is 10.9 Å². The second-order valence-corrected chi connectivity index (χ2v) is 6.51. The molecule has 0 radical (unpaired) electrons. The molecular formula is C20H18F2N2O. The Morgan fingerprint density at radius 1 is 1.20 bits per heavy atom. The smallest absolute Gasteiger partial charge is 0.227 e. The molecule has 1 aliphatic heterocycles. The van der Waals surface area contributed by atoms with Gasteiger partial charge in [0.2, 0.25) is 5.91 Å². The number of likely N-dealkylation sites (tertiary alicyclic amines) is 1. The van der Waals surface area contributed by atoms with Crippen molar-refractivity contribution in [3.8, 4) is 0 Å². The summed E-state index contributed by atoms with van der Waals surface area (Å²) in [7, 11) is 0. The summed E-state index contributed by atoms with van der Waals surface area (Å²) >= 11 is 0. The van der Waals surface area contributed by atoms with Gasteiger partial charge in [-0.1, -0.05) is 24.3 Å². The molecule has 2 heterocycles.